The van der Waals surface area contributed by atoms with Crippen molar-refractivity contribution < 1.29 is 22.4 Å². The molecule has 1 aromatic carbocycles. The number of oxazole rings is 1. The van der Waals surface area contributed by atoms with Crippen LogP contribution in [0.2, 0.25) is 0 Å². The fourth-order valence-electron chi connectivity index (χ4n) is 2.01. The normalized spacial score (nSPS) is 13.1. The largest absolute Gasteiger partial charge is 0.441 e. The van der Waals surface area contributed by atoms with E-state index in [9.17, 15) is 18.0 Å². The van der Waals surface area contributed by atoms with Crippen molar-refractivity contribution in [2.75, 3.05) is 13.1 Å². The van der Waals surface area contributed by atoms with Crippen molar-refractivity contribution in [2.24, 2.45) is 5.73 Å². The second kappa shape index (κ2) is 6.86. The number of alkyl halides is 3. The van der Waals surface area contributed by atoms with E-state index in [1.807, 2.05) is 19.1 Å². The Morgan fingerprint density at radius 2 is 2.17 bits per heavy atom. The SMILES string of the molecule is Cc1cccc2oc(CCNC(=O)NC(CN)C(F)(F)F)nc12. The summed E-state index contributed by atoms with van der Waals surface area (Å²) < 4.78 is 42.9. The average Bonchev–Trinajstić information content (AvgIpc) is 2.88. The van der Waals surface area contributed by atoms with Crippen LogP contribution >= 0.6 is 0 Å². The molecule has 0 aliphatic heterocycles. The molecule has 2 aromatic rings. The first-order chi connectivity index (χ1) is 10.8. The molecule has 0 aliphatic carbocycles. The highest BCUT2D eigenvalue weighted by Crippen LogP contribution is 2.20. The molecule has 1 heterocycles. The zero-order chi connectivity index (χ0) is 17.0. The van der Waals surface area contributed by atoms with Gasteiger partial charge in [-0.15, -0.1) is 0 Å². The van der Waals surface area contributed by atoms with Gasteiger partial charge >= 0.3 is 12.2 Å². The number of benzene rings is 1. The Morgan fingerprint density at radius 3 is 2.78 bits per heavy atom. The van der Waals surface area contributed by atoms with Crippen molar-refractivity contribution in [3.63, 3.8) is 0 Å². The number of nitrogens with one attached hydrogen (secondary N) is 2. The Labute approximate surface area is 130 Å². The zero-order valence-electron chi connectivity index (χ0n) is 12.4. The molecule has 0 fully saturated rings. The van der Waals surface area contributed by atoms with Crippen molar-refractivity contribution in [3.05, 3.63) is 29.7 Å². The quantitative estimate of drug-likeness (QED) is 0.780. The van der Waals surface area contributed by atoms with Gasteiger partial charge < -0.3 is 20.8 Å². The van der Waals surface area contributed by atoms with Gasteiger partial charge in [0.25, 0.3) is 0 Å². The molecule has 2 rings (SSSR count). The molecule has 0 spiro atoms. The highest BCUT2D eigenvalue weighted by molar-refractivity contribution is 5.76. The number of hydrogen-bond donors (Lipinski definition) is 3. The van der Waals surface area contributed by atoms with Gasteiger partial charge in [0.1, 0.15) is 11.6 Å². The Morgan fingerprint density at radius 1 is 1.43 bits per heavy atom. The topological polar surface area (TPSA) is 93.2 Å². The molecule has 9 heteroatoms. The lowest BCUT2D eigenvalue weighted by molar-refractivity contribution is -0.150. The number of carbonyl (C=O) groups excluding carboxylic acids is 1. The van der Waals surface area contributed by atoms with Crippen LogP contribution in [-0.2, 0) is 6.42 Å². The van der Waals surface area contributed by atoms with Crippen molar-refractivity contribution in [1.82, 2.24) is 15.6 Å². The van der Waals surface area contributed by atoms with Crippen molar-refractivity contribution >= 4 is 17.1 Å². The van der Waals surface area contributed by atoms with E-state index < -0.39 is 24.8 Å². The molecule has 126 valence electrons. The van der Waals surface area contributed by atoms with Gasteiger partial charge in [-0.05, 0) is 18.6 Å². The van der Waals surface area contributed by atoms with Gasteiger partial charge in [0.05, 0.1) is 0 Å². The molecule has 0 bridgehead atoms. The molecule has 6 nitrogen and oxygen atoms in total. The molecule has 23 heavy (non-hydrogen) atoms. The zero-order valence-corrected chi connectivity index (χ0v) is 12.4. The first-order valence-electron chi connectivity index (χ1n) is 6.97. The van der Waals surface area contributed by atoms with Crippen molar-refractivity contribution in [1.29, 1.82) is 0 Å². The maximum absolute atomic E-state index is 12.5. The lowest BCUT2D eigenvalue weighted by atomic mass is 10.2. The monoisotopic (exact) mass is 330 g/mol. The minimum absolute atomic E-state index is 0.0901. The number of aromatic nitrogens is 1. The molecular formula is C14H17F3N4O2. The first-order valence-corrected chi connectivity index (χ1v) is 6.97. The standard InChI is InChI=1S/C14H17F3N4O2/c1-8-3-2-4-9-12(8)21-11(23-9)5-6-19-13(22)20-10(7-18)14(15,16)17/h2-4,10H,5-7,18H2,1H3,(H2,19,20,22). The number of carbonyl (C=O) groups is 1. The van der Waals surface area contributed by atoms with Gasteiger partial charge in [-0.25, -0.2) is 9.78 Å². The van der Waals surface area contributed by atoms with E-state index in [-0.39, 0.29) is 13.0 Å². The van der Waals surface area contributed by atoms with Gasteiger partial charge in [-0.3, -0.25) is 0 Å². The molecule has 1 aromatic heterocycles. The minimum atomic E-state index is -4.58. The second-order valence-electron chi connectivity index (χ2n) is 5.01. The molecule has 0 saturated heterocycles. The number of halogens is 3. The van der Waals surface area contributed by atoms with Crippen LogP contribution in [-0.4, -0.2) is 36.3 Å². The summed E-state index contributed by atoms with van der Waals surface area (Å²) in [7, 11) is 0. The summed E-state index contributed by atoms with van der Waals surface area (Å²) in [6.07, 6.45) is -4.31. The van der Waals surface area contributed by atoms with Crippen molar-refractivity contribution in [3.8, 4) is 0 Å². The summed E-state index contributed by atoms with van der Waals surface area (Å²) in [4.78, 5) is 15.7. The number of urea groups is 1. The Balaban J connectivity index is 1.86. The number of para-hydroxylation sites is 1. The maximum atomic E-state index is 12.5. The van der Waals surface area contributed by atoms with E-state index in [1.165, 1.54) is 0 Å². The second-order valence-corrected chi connectivity index (χ2v) is 5.01. The highest BCUT2D eigenvalue weighted by Gasteiger charge is 2.39. The van der Waals surface area contributed by atoms with Crippen LogP contribution in [0.25, 0.3) is 11.1 Å². The number of fused-ring (bicyclic) bond motifs is 1. The number of rotatable bonds is 5. The third-order valence-corrected chi connectivity index (χ3v) is 3.23. The van der Waals surface area contributed by atoms with Crippen LogP contribution in [0, 0.1) is 6.92 Å². The fourth-order valence-corrected chi connectivity index (χ4v) is 2.01. The van der Waals surface area contributed by atoms with Crippen LogP contribution in [0.5, 0.6) is 0 Å². The van der Waals surface area contributed by atoms with Crippen LogP contribution < -0.4 is 16.4 Å². The van der Waals surface area contributed by atoms with Gasteiger partial charge in [0, 0.05) is 19.5 Å². The first kappa shape index (κ1) is 17.1. The van der Waals surface area contributed by atoms with Gasteiger partial charge in [-0.2, -0.15) is 13.2 Å². The van der Waals surface area contributed by atoms with Crippen LogP contribution in [0.4, 0.5) is 18.0 Å². The van der Waals surface area contributed by atoms with E-state index in [1.54, 1.807) is 11.4 Å². The molecule has 0 radical (unpaired) electrons. The molecule has 2 amide bonds. The number of nitrogens with two attached hydrogens (primary N) is 1. The summed E-state index contributed by atoms with van der Waals surface area (Å²) in [6.45, 7) is 1.26. The molecule has 0 aliphatic rings. The Kier molecular flexibility index (Phi) is 5.09. The van der Waals surface area contributed by atoms with E-state index in [2.05, 4.69) is 10.3 Å². The van der Waals surface area contributed by atoms with Gasteiger partial charge in [-0.1, -0.05) is 12.1 Å². The minimum Gasteiger partial charge on any atom is -0.441 e. The van der Waals surface area contributed by atoms with E-state index in [4.69, 9.17) is 10.2 Å². The lowest BCUT2D eigenvalue weighted by Gasteiger charge is -2.19. The van der Waals surface area contributed by atoms with Crippen molar-refractivity contribution in [2.45, 2.75) is 25.6 Å². The smallest absolute Gasteiger partial charge is 0.409 e. The predicted molar refractivity (Wildman–Crippen MR) is 77.9 cm³/mol. The summed E-state index contributed by atoms with van der Waals surface area (Å²) in [5, 5.41) is 4.10. The third-order valence-electron chi connectivity index (χ3n) is 3.23. The molecule has 1 atom stereocenters. The summed E-state index contributed by atoms with van der Waals surface area (Å²) in [5.41, 5.74) is 7.31. The summed E-state index contributed by atoms with van der Waals surface area (Å²) in [6, 6.07) is 2.49. The number of nitrogens with zero attached hydrogens (tertiary/aromatic N) is 1. The van der Waals surface area contributed by atoms with Crippen LogP contribution in [0.15, 0.2) is 22.6 Å². The fraction of sp³-hybridized carbons (Fsp3) is 0.429. The van der Waals surface area contributed by atoms with Crippen LogP contribution in [0.1, 0.15) is 11.5 Å². The molecular weight excluding hydrogens is 313 g/mol. The van der Waals surface area contributed by atoms with E-state index in [0.717, 1.165) is 11.1 Å². The maximum Gasteiger partial charge on any atom is 0.409 e. The predicted octanol–water partition coefficient (Wildman–Crippen LogP) is 1.87. The number of aryl methyl sites for hydroxylation is 1. The highest BCUT2D eigenvalue weighted by atomic mass is 19.4. The number of amides is 2. The Bertz CT molecular complexity index is 684. The summed E-state index contributed by atoms with van der Waals surface area (Å²) in [5.74, 6) is 0.404. The summed E-state index contributed by atoms with van der Waals surface area (Å²) >= 11 is 0. The van der Waals surface area contributed by atoms with Crippen LogP contribution in [0.3, 0.4) is 0 Å². The third kappa shape index (κ3) is 4.35. The molecule has 0 saturated carbocycles. The number of hydrogen-bond acceptors (Lipinski definition) is 4. The van der Waals surface area contributed by atoms with Gasteiger partial charge in [0.15, 0.2) is 11.5 Å². The lowest BCUT2D eigenvalue weighted by Crippen LogP contribution is -2.53. The molecule has 4 N–H and O–H groups in total. The average molecular weight is 330 g/mol. The van der Waals surface area contributed by atoms with E-state index >= 15 is 0 Å². The van der Waals surface area contributed by atoms with E-state index in [0.29, 0.717) is 11.5 Å². The Hall–Kier alpha value is -2.29. The molecule has 1 unspecified atom stereocenters. The van der Waals surface area contributed by atoms with Gasteiger partial charge in [0.2, 0.25) is 0 Å².